The lowest BCUT2D eigenvalue weighted by Gasteiger charge is -2.12. The van der Waals surface area contributed by atoms with Gasteiger partial charge in [0.25, 0.3) is 0 Å². The van der Waals surface area contributed by atoms with E-state index < -0.39 is 9.84 Å². The molecule has 0 unspecified atom stereocenters. The minimum Gasteiger partial charge on any atom is -0.264 e. The van der Waals surface area contributed by atoms with Crippen LogP contribution in [0.25, 0.3) is 21.9 Å². The summed E-state index contributed by atoms with van der Waals surface area (Å²) in [5.74, 6) is 0. The second-order valence-corrected chi connectivity index (χ2v) is 7.23. The Morgan fingerprint density at radius 2 is 1.71 bits per heavy atom. The average molecular weight is 295 g/mol. The highest BCUT2D eigenvalue weighted by Crippen LogP contribution is 2.48. The van der Waals surface area contributed by atoms with Crippen LogP contribution >= 0.6 is 0 Å². The monoisotopic (exact) mass is 295 g/mol. The molecule has 0 radical (unpaired) electrons. The van der Waals surface area contributed by atoms with Crippen molar-refractivity contribution in [3.05, 3.63) is 53.9 Å². The molecular formula is C17H13NO2S. The number of hydrogen-bond acceptors (Lipinski definition) is 3. The Balaban J connectivity index is 2.33. The van der Waals surface area contributed by atoms with E-state index in [2.05, 4.69) is 4.98 Å². The molecule has 0 N–H and O–H groups in total. The third-order valence-corrected chi connectivity index (χ3v) is 6.27. The Morgan fingerprint density at radius 1 is 0.952 bits per heavy atom. The van der Waals surface area contributed by atoms with Gasteiger partial charge in [0.1, 0.15) is 0 Å². The maximum Gasteiger partial charge on any atom is 0.208 e. The van der Waals surface area contributed by atoms with Crippen LogP contribution in [0.2, 0.25) is 0 Å². The summed E-state index contributed by atoms with van der Waals surface area (Å²) in [5.41, 5.74) is 3.43. The molecule has 2 aromatic carbocycles. The molecule has 0 atom stereocenters. The average Bonchev–Trinajstić information content (AvgIpc) is 2.74. The number of rotatable bonds is 0. The quantitative estimate of drug-likeness (QED) is 0.497. The summed E-state index contributed by atoms with van der Waals surface area (Å²) in [4.78, 5) is 5.05. The summed E-state index contributed by atoms with van der Waals surface area (Å²) in [5, 5.41) is 1.97. The normalized spacial score (nSPS) is 15.0. The SMILES string of the molecule is Cc1c2c(c(C)c3ccncc13)S(=O)(=O)c1ccccc1-2. The van der Waals surface area contributed by atoms with Crippen molar-refractivity contribution in [2.75, 3.05) is 0 Å². The van der Waals surface area contributed by atoms with Crippen LogP contribution < -0.4 is 0 Å². The molecule has 1 aliphatic heterocycles. The van der Waals surface area contributed by atoms with E-state index in [1.165, 1.54) is 0 Å². The molecule has 2 heterocycles. The molecule has 1 aromatic heterocycles. The minimum absolute atomic E-state index is 0.412. The van der Waals surface area contributed by atoms with Crippen LogP contribution in [-0.4, -0.2) is 13.4 Å². The van der Waals surface area contributed by atoms with Crippen molar-refractivity contribution in [1.82, 2.24) is 4.98 Å². The number of sulfone groups is 1. The van der Waals surface area contributed by atoms with Crippen LogP contribution in [0.5, 0.6) is 0 Å². The second kappa shape index (κ2) is 3.92. The molecule has 4 heteroatoms. The molecule has 0 saturated heterocycles. The third-order valence-electron chi connectivity index (χ3n) is 4.29. The van der Waals surface area contributed by atoms with E-state index >= 15 is 0 Å². The molecule has 3 aromatic rings. The predicted molar refractivity (Wildman–Crippen MR) is 82.1 cm³/mol. The number of nitrogens with zero attached hydrogens (tertiary/aromatic N) is 1. The predicted octanol–water partition coefficient (Wildman–Crippen LogP) is 3.66. The van der Waals surface area contributed by atoms with Crippen LogP contribution in [0.15, 0.2) is 52.5 Å². The highest BCUT2D eigenvalue weighted by Gasteiger charge is 2.36. The molecular weight excluding hydrogens is 282 g/mol. The van der Waals surface area contributed by atoms with E-state index in [0.29, 0.717) is 9.79 Å². The van der Waals surface area contributed by atoms with Gasteiger partial charge in [0.15, 0.2) is 0 Å². The lowest BCUT2D eigenvalue weighted by Crippen LogP contribution is -2.01. The van der Waals surface area contributed by atoms with Gasteiger partial charge in [0, 0.05) is 28.9 Å². The van der Waals surface area contributed by atoms with Crippen molar-refractivity contribution >= 4 is 20.6 Å². The van der Waals surface area contributed by atoms with Crippen LogP contribution in [0.4, 0.5) is 0 Å². The zero-order valence-corrected chi connectivity index (χ0v) is 12.5. The van der Waals surface area contributed by atoms with Gasteiger partial charge in [0.05, 0.1) is 9.79 Å². The Kier molecular flexibility index (Phi) is 2.34. The fraction of sp³-hybridized carbons (Fsp3) is 0.118. The van der Waals surface area contributed by atoms with Crippen LogP contribution in [0.1, 0.15) is 11.1 Å². The number of pyridine rings is 1. The van der Waals surface area contributed by atoms with Gasteiger partial charge in [-0.3, -0.25) is 4.98 Å². The number of aryl methyl sites for hydroxylation is 2. The van der Waals surface area contributed by atoms with E-state index in [9.17, 15) is 8.42 Å². The van der Waals surface area contributed by atoms with Gasteiger partial charge in [-0.05, 0) is 42.5 Å². The third kappa shape index (κ3) is 1.43. The molecule has 0 fully saturated rings. The van der Waals surface area contributed by atoms with Gasteiger partial charge >= 0.3 is 0 Å². The lowest BCUT2D eigenvalue weighted by molar-refractivity contribution is 0.598. The summed E-state index contributed by atoms with van der Waals surface area (Å²) in [6, 6.07) is 9.11. The number of aromatic nitrogens is 1. The Labute approximate surface area is 123 Å². The number of hydrogen-bond donors (Lipinski definition) is 0. The first-order valence-electron chi connectivity index (χ1n) is 6.75. The van der Waals surface area contributed by atoms with E-state index in [-0.39, 0.29) is 0 Å². The summed E-state index contributed by atoms with van der Waals surface area (Å²) in [6.45, 7) is 3.85. The van der Waals surface area contributed by atoms with Crippen molar-refractivity contribution in [1.29, 1.82) is 0 Å². The molecule has 0 bridgehead atoms. The largest absolute Gasteiger partial charge is 0.264 e. The Hall–Kier alpha value is -2.20. The van der Waals surface area contributed by atoms with Crippen LogP contribution in [0.3, 0.4) is 0 Å². The van der Waals surface area contributed by atoms with Gasteiger partial charge in [-0.1, -0.05) is 18.2 Å². The standard InChI is InChI=1S/C17H13NO2S/c1-10-14-9-18-8-7-12(14)11(2)17-16(10)13-5-3-4-6-15(13)21(17,19)20/h3-9H,1-2H3. The van der Waals surface area contributed by atoms with E-state index in [1.807, 2.05) is 38.2 Å². The van der Waals surface area contributed by atoms with Gasteiger partial charge in [-0.25, -0.2) is 8.42 Å². The van der Waals surface area contributed by atoms with Gasteiger partial charge in [0.2, 0.25) is 9.84 Å². The molecule has 0 spiro atoms. The highest BCUT2D eigenvalue weighted by molar-refractivity contribution is 7.92. The van der Waals surface area contributed by atoms with Crippen molar-refractivity contribution < 1.29 is 8.42 Å². The summed E-state index contributed by atoms with van der Waals surface area (Å²) in [7, 11) is -3.43. The lowest BCUT2D eigenvalue weighted by atomic mass is 9.93. The van der Waals surface area contributed by atoms with E-state index in [4.69, 9.17) is 0 Å². The van der Waals surface area contributed by atoms with Crippen molar-refractivity contribution in [2.24, 2.45) is 0 Å². The molecule has 21 heavy (non-hydrogen) atoms. The molecule has 3 nitrogen and oxygen atoms in total. The fourth-order valence-corrected chi connectivity index (χ4v) is 5.29. The molecule has 0 aliphatic carbocycles. The van der Waals surface area contributed by atoms with Gasteiger partial charge in [-0.2, -0.15) is 0 Å². The first-order chi connectivity index (χ1) is 10.0. The second-order valence-electron chi connectivity index (χ2n) is 5.37. The zero-order chi connectivity index (χ0) is 14.8. The van der Waals surface area contributed by atoms with Crippen LogP contribution in [-0.2, 0) is 9.84 Å². The first-order valence-corrected chi connectivity index (χ1v) is 8.23. The number of fused-ring (bicyclic) bond motifs is 4. The number of benzene rings is 2. The van der Waals surface area contributed by atoms with Crippen molar-refractivity contribution in [3.63, 3.8) is 0 Å². The highest BCUT2D eigenvalue weighted by atomic mass is 32.2. The Bertz CT molecular complexity index is 1020. The Morgan fingerprint density at radius 3 is 2.52 bits per heavy atom. The molecule has 1 aliphatic rings. The summed E-state index contributed by atoms with van der Waals surface area (Å²) in [6.07, 6.45) is 3.52. The maximum atomic E-state index is 12.9. The van der Waals surface area contributed by atoms with Gasteiger partial charge in [-0.15, -0.1) is 0 Å². The molecule has 0 amide bonds. The minimum atomic E-state index is -3.43. The van der Waals surface area contributed by atoms with Crippen molar-refractivity contribution in [2.45, 2.75) is 23.6 Å². The first kappa shape index (κ1) is 12.5. The fourth-order valence-electron chi connectivity index (χ4n) is 3.31. The molecule has 4 rings (SSSR count). The van der Waals surface area contributed by atoms with Gasteiger partial charge < -0.3 is 0 Å². The van der Waals surface area contributed by atoms with E-state index in [0.717, 1.165) is 33.0 Å². The van der Waals surface area contributed by atoms with Crippen LogP contribution in [0, 0.1) is 13.8 Å². The summed E-state index contributed by atoms with van der Waals surface area (Å²) < 4.78 is 25.8. The van der Waals surface area contributed by atoms with Crippen molar-refractivity contribution in [3.8, 4) is 11.1 Å². The smallest absolute Gasteiger partial charge is 0.208 e. The summed E-state index contributed by atoms with van der Waals surface area (Å²) >= 11 is 0. The maximum absolute atomic E-state index is 12.9. The molecule has 104 valence electrons. The topological polar surface area (TPSA) is 47.0 Å². The zero-order valence-electron chi connectivity index (χ0n) is 11.7. The molecule has 0 saturated carbocycles. The van der Waals surface area contributed by atoms with E-state index in [1.54, 1.807) is 18.3 Å².